The Kier molecular flexibility index (Phi) is 4.75. The van der Waals surface area contributed by atoms with Crippen LogP contribution in [0.1, 0.15) is 62.0 Å². The van der Waals surface area contributed by atoms with E-state index in [-0.39, 0.29) is 0 Å². The maximum absolute atomic E-state index is 12.1. The molecule has 0 radical (unpaired) electrons. The van der Waals surface area contributed by atoms with E-state index in [2.05, 4.69) is 29.6 Å². The Hall–Kier alpha value is -0.670. The smallest absolute Gasteiger partial charge is 0.323 e. The number of hydrogen-bond donors (Lipinski definition) is 3. The molecule has 22 heavy (non-hydrogen) atoms. The summed E-state index contributed by atoms with van der Waals surface area (Å²) >= 11 is 0. The molecule has 0 amide bonds. The van der Waals surface area contributed by atoms with Crippen LogP contribution in [0.5, 0.6) is 0 Å². The molecular formula is C17H26NO3P. The maximum Gasteiger partial charge on any atom is 0.345 e. The van der Waals surface area contributed by atoms with Gasteiger partial charge < -0.3 is 15.1 Å². The fourth-order valence-corrected chi connectivity index (χ4v) is 5.28. The van der Waals surface area contributed by atoms with Gasteiger partial charge in [0.1, 0.15) is 5.28 Å². The molecule has 0 aromatic heterocycles. The van der Waals surface area contributed by atoms with Gasteiger partial charge in [0.15, 0.2) is 0 Å². The Bertz CT molecular complexity index is 563. The van der Waals surface area contributed by atoms with Crippen molar-refractivity contribution in [3.63, 3.8) is 0 Å². The first-order valence-corrected chi connectivity index (χ1v) is 10.0. The Labute approximate surface area is 132 Å². The molecule has 1 saturated carbocycles. The second-order valence-electron chi connectivity index (χ2n) is 6.81. The molecule has 2 aliphatic carbocycles. The summed E-state index contributed by atoms with van der Waals surface area (Å²) in [6.45, 7) is 0.669. The highest BCUT2D eigenvalue weighted by Crippen LogP contribution is 2.56. The molecule has 1 atom stereocenters. The molecule has 122 valence electrons. The summed E-state index contributed by atoms with van der Waals surface area (Å²) in [5.41, 5.74) is 2.76. The predicted octanol–water partition coefficient (Wildman–Crippen LogP) is 3.53. The third kappa shape index (κ3) is 3.16. The van der Waals surface area contributed by atoms with Crippen molar-refractivity contribution in [2.75, 3.05) is 6.54 Å². The lowest BCUT2D eigenvalue weighted by molar-refractivity contribution is 0.240. The van der Waals surface area contributed by atoms with Crippen molar-refractivity contribution >= 4 is 7.60 Å². The maximum atomic E-state index is 12.1. The van der Waals surface area contributed by atoms with Crippen molar-refractivity contribution in [1.82, 2.24) is 5.32 Å². The molecule has 1 fully saturated rings. The van der Waals surface area contributed by atoms with E-state index in [1.165, 1.54) is 11.1 Å². The van der Waals surface area contributed by atoms with Crippen LogP contribution >= 0.6 is 7.60 Å². The van der Waals surface area contributed by atoms with Crippen LogP contribution < -0.4 is 5.32 Å². The minimum absolute atomic E-state index is 0.371. The standard InChI is InChI=1S/C17H26NO3P/c19-22(20,21)17(11-4-1-5-12-17)18-13-15-9-6-8-14-7-2-3-10-16(14)15/h2-3,7,10,15,18H,1,4-6,8-9,11-13H2,(H2,19,20,21)/t15-/m0/s1. The third-order valence-electron chi connectivity index (χ3n) is 5.41. The van der Waals surface area contributed by atoms with Gasteiger partial charge >= 0.3 is 7.60 Å². The lowest BCUT2D eigenvalue weighted by Gasteiger charge is -2.40. The van der Waals surface area contributed by atoms with Gasteiger partial charge in [0, 0.05) is 6.54 Å². The Morgan fingerprint density at radius 3 is 2.59 bits per heavy atom. The van der Waals surface area contributed by atoms with Crippen molar-refractivity contribution < 1.29 is 14.4 Å². The van der Waals surface area contributed by atoms with Gasteiger partial charge in [-0.2, -0.15) is 0 Å². The van der Waals surface area contributed by atoms with Gasteiger partial charge in [0.05, 0.1) is 0 Å². The molecule has 1 aromatic rings. The highest BCUT2D eigenvalue weighted by molar-refractivity contribution is 7.53. The lowest BCUT2D eigenvalue weighted by atomic mass is 9.82. The molecule has 0 spiro atoms. The van der Waals surface area contributed by atoms with E-state index in [9.17, 15) is 14.4 Å². The summed E-state index contributed by atoms with van der Waals surface area (Å²) in [5.74, 6) is 0.371. The number of nitrogens with one attached hydrogen (secondary N) is 1. The first kappa shape index (κ1) is 16.2. The monoisotopic (exact) mass is 323 g/mol. The van der Waals surface area contributed by atoms with E-state index < -0.39 is 12.9 Å². The van der Waals surface area contributed by atoms with Crippen molar-refractivity contribution in [2.24, 2.45) is 0 Å². The Morgan fingerprint density at radius 2 is 1.86 bits per heavy atom. The van der Waals surface area contributed by atoms with Gasteiger partial charge in [-0.25, -0.2) is 0 Å². The van der Waals surface area contributed by atoms with E-state index in [0.29, 0.717) is 25.3 Å². The van der Waals surface area contributed by atoms with Gasteiger partial charge in [-0.3, -0.25) is 4.57 Å². The van der Waals surface area contributed by atoms with E-state index in [4.69, 9.17) is 0 Å². The molecule has 3 rings (SSSR count). The first-order valence-electron chi connectivity index (χ1n) is 8.40. The average molecular weight is 323 g/mol. The average Bonchev–Trinajstić information content (AvgIpc) is 2.53. The minimum atomic E-state index is -4.14. The van der Waals surface area contributed by atoms with Crippen molar-refractivity contribution in [1.29, 1.82) is 0 Å². The summed E-state index contributed by atoms with van der Waals surface area (Å²) in [5, 5.41) is 2.33. The second-order valence-corrected chi connectivity index (χ2v) is 8.75. The van der Waals surface area contributed by atoms with Gasteiger partial charge in [-0.15, -0.1) is 0 Å². The van der Waals surface area contributed by atoms with Gasteiger partial charge in [0.25, 0.3) is 0 Å². The Balaban J connectivity index is 1.75. The SMILES string of the molecule is O=P(O)(O)C1(NC[C@@H]2CCCc3ccccc32)CCCCC1. The van der Waals surface area contributed by atoms with Gasteiger partial charge in [-0.05, 0) is 49.1 Å². The fourth-order valence-electron chi connectivity index (χ4n) is 4.09. The van der Waals surface area contributed by atoms with Crippen LogP contribution in [0.4, 0.5) is 0 Å². The highest BCUT2D eigenvalue weighted by atomic mass is 31.2. The molecule has 0 bridgehead atoms. The summed E-state index contributed by atoms with van der Waals surface area (Å²) in [4.78, 5) is 19.7. The zero-order valence-electron chi connectivity index (χ0n) is 13.0. The molecular weight excluding hydrogens is 297 g/mol. The zero-order chi connectivity index (χ0) is 15.6. The first-order chi connectivity index (χ1) is 10.5. The van der Waals surface area contributed by atoms with Crippen molar-refractivity contribution in [3.8, 4) is 0 Å². The minimum Gasteiger partial charge on any atom is -0.323 e. The molecule has 2 aliphatic rings. The number of hydrogen-bond acceptors (Lipinski definition) is 2. The normalized spacial score (nSPS) is 24.7. The molecule has 0 heterocycles. The topological polar surface area (TPSA) is 69.6 Å². The summed E-state index contributed by atoms with van der Waals surface area (Å²) in [6, 6.07) is 8.50. The van der Waals surface area contributed by atoms with Crippen LogP contribution in [-0.2, 0) is 11.0 Å². The molecule has 5 heteroatoms. The molecule has 4 nitrogen and oxygen atoms in total. The number of fused-ring (bicyclic) bond motifs is 1. The summed E-state index contributed by atoms with van der Waals surface area (Å²) < 4.78 is 12.1. The quantitative estimate of drug-likeness (QED) is 0.741. The summed E-state index contributed by atoms with van der Waals surface area (Å²) in [7, 11) is -4.14. The van der Waals surface area contributed by atoms with Crippen molar-refractivity contribution in [2.45, 2.75) is 62.6 Å². The van der Waals surface area contributed by atoms with Crippen molar-refractivity contribution in [3.05, 3.63) is 35.4 Å². The summed E-state index contributed by atoms with van der Waals surface area (Å²) in [6.07, 6.45) is 7.44. The van der Waals surface area contributed by atoms with Crippen LogP contribution in [0.3, 0.4) is 0 Å². The van der Waals surface area contributed by atoms with Crippen LogP contribution in [-0.4, -0.2) is 21.6 Å². The van der Waals surface area contributed by atoms with E-state index in [1.54, 1.807) is 0 Å². The molecule has 0 aliphatic heterocycles. The third-order valence-corrected chi connectivity index (χ3v) is 7.13. The predicted molar refractivity (Wildman–Crippen MR) is 88.0 cm³/mol. The molecule has 0 unspecified atom stereocenters. The van der Waals surface area contributed by atoms with Crippen LogP contribution in [0.15, 0.2) is 24.3 Å². The van der Waals surface area contributed by atoms with Crippen LogP contribution in [0.25, 0.3) is 0 Å². The Morgan fingerprint density at radius 1 is 1.14 bits per heavy atom. The second kappa shape index (κ2) is 6.45. The van der Waals surface area contributed by atoms with E-state index in [0.717, 1.165) is 38.5 Å². The molecule has 1 aromatic carbocycles. The number of rotatable bonds is 4. The van der Waals surface area contributed by atoms with Gasteiger partial charge in [-0.1, -0.05) is 43.5 Å². The highest BCUT2D eigenvalue weighted by Gasteiger charge is 2.47. The molecule has 0 saturated heterocycles. The zero-order valence-corrected chi connectivity index (χ0v) is 13.9. The largest absolute Gasteiger partial charge is 0.345 e. The fraction of sp³-hybridized carbons (Fsp3) is 0.647. The van der Waals surface area contributed by atoms with Crippen LogP contribution in [0, 0.1) is 0 Å². The van der Waals surface area contributed by atoms with Crippen LogP contribution in [0.2, 0.25) is 0 Å². The number of aryl methyl sites for hydroxylation is 1. The van der Waals surface area contributed by atoms with E-state index in [1.807, 2.05) is 0 Å². The lowest BCUT2D eigenvalue weighted by Crippen LogP contribution is -2.48. The van der Waals surface area contributed by atoms with Gasteiger partial charge in [0.2, 0.25) is 0 Å². The molecule has 3 N–H and O–H groups in total. The van der Waals surface area contributed by atoms with E-state index >= 15 is 0 Å². The number of benzene rings is 1.